The average Bonchev–Trinajstić information content (AvgIpc) is 2.46. The number of aliphatic carboxylic acids is 1. The fourth-order valence-corrected chi connectivity index (χ4v) is 3.05. The molecule has 1 atom stereocenters. The minimum absolute atomic E-state index is 0.0552. The minimum atomic E-state index is -0.815. The van der Waals surface area contributed by atoms with Crippen molar-refractivity contribution in [2.24, 2.45) is 0 Å². The summed E-state index contributed by atoms with van der Waals surface area (Å²) >= 11 is 0. The van der Waals surface area contributed by atoms with Crippen LogP contribution in [0, 0.1) is 0 Å². The number of carboxylic acid groups (broad SMARTS) is 1. The summed E-state index contributed by atoms with van der Waals surface area (Å²) in [6, 6.07) is -0.180. The summed E-state index contributed by atoms with van der Waals surface area (Å²) in [4.78, 5) is 25.0. The van der Waals surface area contributed by atoms with Gasteiger partial charge in [-0.15, -0.1) is 0 Å². The van der Waals surface area contributed by atoms with E-state index < -0.39 is 12.0 Å². The Labute approximate surface area is 119 Å². The first-order chi connectivity index (χ1) is 9.66. The van der Waals surface area contributed by atoms with Gasteiger partial charge in [0.15, 0.2) is 0 Å². The van der Waals surface area contributed by atoms with Crippen LogP contribution in [-0.4, -0.2) is 60.1 Å². The number of nitrogens with zero attached hydrogens (tertiary/aromatic N) is 1. The maximum absolute atomic E-state index is 11.9. The number of hydrogen-bond acceptors (Lipinski definition) is 4. The molecule has 0 aromatic carbocycles. The van der Waals surface area contributed by atoms with Gasteiger partial charge in [-0.05, 0) is 12.8 Å². The Morgan fingerprint density at radius 3 is 2.70 bits per heavy atom. The second-order valence-corrected chi connectivity index (χ2v) is 5.75. The molecule has 0 spiro atoms. The van der Waals surface area contributed by atoms with Crippen LogP contribution >= 0.6 is 0 Å². The molecule has 1 heterocycles. The van der Waals surface area contributed by atoms with Gasteiger partial charge in [-0.2, -0.15) is 0 Å². The summed E-state index contributed by atoms with van der Waals surface area (Å²) in [7, 11) is 0. The predicted molar refractivity (Wildman–Crippen MR) is 75.5 cm³/mol. The van der Waals surface area contributed by atoms with Crippen molar-refractivity contribution in [3.63, 3.8) is 0 Å². The van der Waals surface area contributed by atoms with Crippen molar-refractivity contribution < 1.29 is 14.7 Å². The van der Waals surface area contributed by atoms with E-state index in [9.17, 15) is 9.59 Å². The molecule has 0 radical (unpaired) electrons. The molecule has 0 bridgehead atoms. The largest absolute Gasteiger partial charge is 0.480 e. The van der Waals surface area contributed by atoms with Crippen LogP contribution in [0.15, 0.2) is 0 Å². The van der Waals surface area contributed by atoms with Gasteiger partial charge >= 0.3 is 5.97 Å². The molecule has 1 aliphatic carbocycles. The van der Waals surface area contributed by atoms with E-state index in [1.807, 2.05) is 4.90 Å². The second-order valence-electron chi connectivity index (χ2n) is 5.75. The van der Waals surface area contributed by atoms with Crippen molar-refractivity contribution in [3.8, 4) is 0 Å². The Morgan fingerprint density at radius 2 is 2.00 bits per heavy atom. The molecule has 1 amide bonds. The number of rotatable bonds is 5. The number of hydrogen-bond donors (Lipinski definition) is 3. The highest BCUT2D eigenvalue weighted by Gasteiger charge is 2.28. The molecule has 6 heteroatoms. The van der Waals surface area contributed by atoms with Gasteiger partial charge in [0.05, 0.1) is 0 Å². The van der Waals surface area contributed by atoms with Crippen molar-refractivity contribution in [3.05, 3.63) is 0 Å². The summed E-state index contributed by atoms with van der Waals surface area (Å²) < 4.78 is 0. The zero-order chi connectivity index (χ0) is 14.4. The van der Waals surface area contributed by atoms with Crippen LogP contribution in [0.25, 0.3) is 0 Å². The molecule has 2 rings (SSSR count). The molecule has 2 aliphatic rings. The first-order valence-electron chi connectivity index (χ1n) is 7.64. The minimum Gasteiger partial charge on any atom is -0.480 e. The molecule has 20 heavy (non-hydrogen) atoms. The highest BCUT2D eigenvalue weighted by atomic mass is 16.4. The Hall–Kier alpha value is -1.14. The first-order valence-corrected chi connectivity index (χ1v) is 7.64. The van der Waals surface area contributed by atoms with E-state index in [-0.39, 0.29) is 5.91 Å². The topological polar surface area (TPSA) is 81.7 Å². The lowest BCUT2D eigenvalue weighted by Gasteiger charge is -2.33. The van der Waals surface area contributed by atoms with Gasteiger partial charge < -0.3 is 15.7 Å². The molecular formula is C14H25N3O3. The van der Waals surface area contributed by atoms with E-state index in [1.165, 1.54) is 19.3 Å². The average molecular weight is 283 g/mol. The van der Waals surface area contributed by atoms with Gasteiger partial charge in [0.25, 0.3) is 0 Å². The standard InChI is InChI=1S/C14H25N3O3/c18-13(16-11-4-2-1-3-5-11)6-8-17-9-7-15-10-12(17)14(19)20/h11-12,15H,1-10H2,(H,16,18)(H,19,20). The Balaban J connectivity index is 1.72. The molecule has 114 valence electrons. The first kappa shape index (κ1) is 15.3. The van der Waals surface area contributed by atoms with Gasteiger partial charge in [0.1, 0.15) is 6.04 Å². The van der Waals surface area contributed by atoms with Crippen molar-refractivity contribution >= 4 is 11.9 Å². The number of piperazine rings is 1. The van der Waals surface area contributed by atoms with Gasteiger partial charge in [0.2, 0.25) is 5.91 Å². The predicted octanol–water partition coefficient (Wildman–Crippen LogP) is 0.184. The van der Waals surface area contributed by atoms with Gasteiger partial charge in [-0.25, -0.2) is 0 Å². The smallest absolute Gasteiger partial charge is 0.322 e. The summed E-state index contributed by atoms with van der Waals surface area (Å²) in [5, 5.41) is 15.3. The molecule has 0 aromatic rings. The van der Waals surface area contributed by atoms with E-state index in [0.29, 0.717) is 32.1 Å². The summed E-state index contributed by atoms with van der Waals surface area (Å²) in [6.45, 7) is 2.46. The lowest BCUT2D eigenvalue weighted by atomic mass is 9.95. The van der Waals surface area contributed by atoms with Crippen LogP contribution in [0.3, 0.4) is 0 Å². The normalized spacial score (nSPS) is 25.3. The zero-order valence-electron chi connectivity index (χ0n) is 11.9. The molecule has 1 saturated carbocycles. The quantitative estimate of drug-likeness (QED) is 0.671. The summed E-state index contributed by atoms with van der Waals surface area (Å²) in [6.07, 6.45) is 6.22. The number of carbonyl (C=O) groups is 2. The SMILES string of the molecule is O=C(CCN1CCNCC1C(=O)O)NC1CCCCC1. The van der Waals surface area contributed by atoms with Crippen LogP contribution in [0.2, 0.25) is 0 Å². The van der Waals surface area contributed by atoms with Gasteiger partial charge in [-0.3, -0.25) is 14.5 Å². The van der Waals surface area contributed by atoms with Crippen LogP contribution in [0.4, 0.5) is 0 Å². The van der Waals surface area contributed by atoms with Gasteiger partial charge in [-0.1, -0.05) is 19.3 Å². The molecule has 1 aliphatic heterocycles. The number of amides is 1. The third-order valence-electron chi connectivity index (χ3n) is 4.24. The lowest BCUT2D eigenvalue weighted by Crippen LogP contribution is -2.55. The van der Waals surface area contributed by atoms with Crippen LogP contribution in [0.5, 0.6) is 0 Å². The number of nitrogens with one attached hydrogen (secondary N) is 2. The molecule has 1 saturated heterocycles. The fourth-order valence-electron chi connectivity index (χ4n) is 3.05. The molecule has 2 fully saturated rings. The van der Waals surface area contributed by atoms with Crippen molar-refractivity contribution in [2.45, 2.75) is 50.6 Å². The van der Waals surface area contributed by atoms with E-state index in [0.717, 1.165) is 19.4 Å². The lowest BCUT2D eigenvalue weighted by molar-refractivity contribution is -0.144. The van der Waals surface area contributed by atoms with E-state index in [1.54, 1.807) is 0 Å². The van der Waals surface area contributed by atoms with E-state index >= 15 is 0 Å². The Morgan fingerprint density at radius 1 is 1.25 bits per heavy atom. The fraction of sp³-hybridized carbons (Fsp3) is 0.857. The van der Waals surface area contributed by atoms with E-state index in [2.05, 4.69) is 10.6 Å². The van der Waals surface area contributed by atoms with E-state index in [4.69, 9.17) is 5.11 Å². The maximum atomic E-state index is 11.9. The highest BCUT2D eigenvalue weighted by Crippen LogP contribution is 2.17. The third-order valence-corrected chi connectivity index (χ3v) is 4.24. The van der Waals surface area contributed by atoms with Crippen molar-refractivity contribution in [2.75, 3.05) is 26.2 Å². The molecule has 1 unspecified atom stereocenters. The zero-order valence-corrected chi connectivity index (χ0v) is 11.9. The molecule has 0 aromatic heterocycles. The maximum Gasteiger partial charge on any atom is 0.322 e. The highest BCUT2D eigenvalue weighted by molar-refractivity contribution is 5.77. The van der Waals surface area contributed by atoms with Crippen LogP contribution in [0.1, 0.15) is 38.5 Å². The van der Waals surface area contributed by atoms with Crippen LogP contribution < -0.4 is 10.6 Å². The molecular weight excluding hydrogens is 258 g/mol. The second kappa shape index (κ2) is 7.59. The van der Waals surface area contributed by atoms with Crippen molar-refractivity contribution in [1.29, 1.82) is 0 Å². The third kappa shape index (κ3) is 4.45. The summed E-state index contributed by atoms with van der Waals surface area (Å²) in [5.74, 6) is -0.760. The summed E-state index contributed by atoms with van der Waals surface area (Å²) in [5.41, 5.74) is 0. The van der Waals surface area contributed by atoms with Gasteiger partial charge in [0, 0.05) is 38.6 Å². The number of carbonyl (C=O) groups excluding carboxylic acids is 1. The molecule has 3 N–H and O–H groups in total. The van der Waals surface area contributed by atoms with Crippen LogP contribution in [-0.2, 0) is 9.59 Å². The van der Waals surface area contributed by atoms with Crippen molar-refractivity contribution in [1.82, 2.24) is 15.5 Å². The molecule has 6 nitrogen and oxygen atoms in total. The number of carboxylic acids is 1. The monoisotopic (exact) mass is 283 g/mol. The Bertz CT molecular complexity index is 343. The Kier molecular flexibility index (Phi) is 5.79.